The number of likely N-dealkylation sites (tertiary alicyclic amines) is 1. The topological polar surface area (TPSA) is 57.6 Å². The number of carboxylic acid groups (broad SMARTS) is 1. The lowest BCUT2D eigenvalue weighted by atomic mass is 9.90. The smallest absolute Gasteiger partial charge is 0.311 e. The molecule has 0 saturated carbocycles. The molecule has 1 atom stereocenters. The van der Waals surface area contributed by atoms with Crippen LogP contribution in [-0.4, -0.2) is 46.5 Å². The molecule has 4 nitrogen and oxygen atoms in total. The van der Waals surface area contributed by atoms with Crippen LogP contribution in [0.4, 0.5) is 0 Å². The Kier molecular flexibility index (Phi) is 5.50. The maximum atomic E-state index is 11.9. The van der Waals surface area contributed by atoms with Crippen LogP contribution in [0.15, 0.2) is 0 Å². The number of aliphatic carboxylic acids is 1. The van der Waals surface area contributed by atoms with Gasteiger partial charge in [-0.2, -0.15) is 11.8 Å². The lowest BCUT2D eigenvalue weighted by molar-refractivity contribution is -0.147. The summed E-state index contributed by atoms with van der Waals surface area (Å²) in [5, 5.41) is 9.10. The van der Waals surface area contributed by atoms with E-state index in [1.165, 1.54) is 0 Å². The van der Waals surface area contributed by atoms with Gasteiger partial charge >= 0.3 is 5.97 Å². The number of carbonyl (C=O) groups excluding carboxylic acids is 1. The van der Waals surface area contributed by atoms with Crippen LogP contribution in [0.3, 0.4) is 0 Å². The van der Waals surface area contributed by atoms with Gasteiger partial charge in [0, 0.05) is 13.1 Å². The van der Waals surface area contributed by atoms with Gasteiger partial charge in [-0.25, -0.2) is 0 Å². The van der Waals surface area contributed by atoms with E-state index in [1.807, 2.05) is 0 Å². The van der Waals surface area contributed by atoms with Crippen molar-refractivity contribution in [3.8, 4) is 0 Å². The van der Waals surface area contributed by atoms with Crippen LogP contribution in [0.1, 0.15) is 33.6 Å². The Balaban J connectivity index is 2.30. The van der Waals surface area contributed by atoms with Crippen LogP contribution < -0.4 is 0 Å². The van der Waals surface area contributed by atoms with Crippen molar-refractivity contribution in [1.82, 2.24) is 4.90 Å². The molecule has 104 valence electrons. The quantitative estimate of drug-likeness (QED) is 0.753. The number of hydrogen-bond donors (Lipinski definition) is 1. The number of hydrogen-bond acceptors (Lipinski definition) is 3. The summed E-state index contributed by atoms with van der Waals surface area (Å²) in [4.78, 5) is 24.7. The Hall–Kier alpha value is -0.710. The van der Waals surface area contributed by atoms with Gasteiger partial charge in [0.1, 0.15) is 0 Å². The molecule has 1 rings (SSSR count). The monoisotopic (exact) mass is 273 g/mol. The Morgan fingerprint density at radius 2 is 2.11 bits per heavy atom. The minimum absolute atomic E-state index is 0.0775. The van der Waals surface area contributed by atoms with E-state index in [1.54, 1.807) is 23.6 Å². The number of thioether (sulfide) groups is 1. The first kappa shape index (κ1) is 15.3. The van der Waals surface area contributed by atoms with Gasteiger partial charge in [-0.15, -0.1) is 0 Å². The molecule has 5 heteroatoms. The average Bonchev–Trinajstić information content (AvgIpc) is 2.68. The molecule has 1 N–H and O–H groups in total. The van der Waals surface area contributed by atoms with Gasteiger partial charge in [-0.05, 0) is 31.4 Å². The van der Waals surface area contributed by atoms with E-state index in [2.05, 4.69) is 13.8 Å². The summed E-state index contributed by atoms with van der Waals surface area (Å²) in [6.45, 7) is 6.98. The summed E-state index contributed by atoms with van der Waals surface area (Å²) in [7, 11) is 0. The van der Waals surface area contributed by atoms with Gasteiger partial charge in [0.05, 0.1) is 11.2 Å². The van der Waals surface area contributed by atoms with Crippen molar-refractivity contribution in [3.05, 3.63) is 0 Å². The normalized spacial score (nSPS) is 23.7. The molecule has 0 aliphatic carbocycles. The highest BCUT2D eigenvalue weighted by molar-refractivity contribution is 7.99. The summed E-state index contributed by atoms with van der Waals surface area (Å²) in [6, 6.07) is 0. The third kappa shape index (κ3) is 4.19. The van der Waals surface area contributed by atoms with Crippen LogP contribution >= 0.6 is 11.8 Å². The van der Waals surface area contributed by atoms with Gasteiger partial charge in [-0.3, -0.25) is 9.59 Å². The summed E-state index contributed by atoms with van der Waals surface area (Å²) < 4.78 is 0. The molecule has 0 bridgehead atoms. The van der Waals surface area contributed by atoms with Crippen molar-refractivity contribution >= 4 is 23.6 Å². The van der Waals surface area contributed by atoms with Gasteiger partial charge in [0.25, 0.3) is 0 Å². The fourth-order valence-electron chi connectivity index (χ4n) is 1.92. The molecule has 0 aromatic carbocycles. The molecule has 0 aromatic rings. The number of amides is 1. The molecule has 1 heterocycles. The highest BCUT2D eigenvalue weighted by atomic mass is 32.2. The summed E-state index contributed by atoms with van der Waals surface area (Å²) in [6.07, 6.45) is 1.68. The molecule has 1 aliphatic rings. The molecule has 18 heavy (non-hydrogen) atoms. The second-order valence-corrected chi connectivity index (χ2v) is 6.77. The van der Waals surface area contributed by atoms with Crippen molar-refractivity contribution in [1.29, 1.82) is 0 Å². The third-order valence-corrected chi connectivity index (χ3v) is 4.38. The van der Waals surface area contributed by atoms with Gasteiger partial charge in [-0.1, -0.05) is 13.8 Å². The zero-order valence-electron chi connectivity index (χ0n) is 11.4. The van der Waals surface area contributed by atoms with Crippen molar-refractivity contribution in [2.75, 3.05) is 24.6 Å². The molecular formula is C13H23NO3S. The molecule has 1 saturated heterocycles. The fourth-order valence-corrected chi connectivity index (χ4v) is 3.06. The molecule has 1 amide bonds. The lowest BCUT2D eigenvalue weighted by Gasteiger charge is -2.20. The van der Waals surface area contributed by atoms with Gasteiger partial charge in [0.15, 0.2) is 0 Å². The Labute approximate surface area is 113 Å². The van der Waals surface area contributed by atoms with E-state index < -0.39 is 11.4 Å². The Morgan fingerprint density at radius 1 is 1.44 bits per heavy atom. The first-order valence-corrected chi connectivity index (χ1v) is 7.59. The van der Waals surface area contributed by atoms with Crippen molar-refractivity contribution in [3.63, 3.8) is 0 Å². The van der Waals surface area contributed by atoms with E-state index in [4.69, 9.17) is 5.11 Å². The van der Waals surface area contributed by atoms with E-state index >= 15 is 0 Å². The molecule has 0 radical (unpaired) electrons. The lowest BCUT2D eigenvalue weighted by Crippen LogP contribution is -2.35. The first-order valence-electron chi connectivity index (χ1n) is 6.44. The van der Waals surface area contributed by atoms with Crippen LogP contribution in [0, 0.1) is 11.3 Å². The second kappa shape index (κ2) is 6.45. The Morgan fingerprint density at radius 3 is 2.61 bits per heavy atom. The summed E-state index contributed by atoms with van der Waals surface area (Å²) >= 11 is 1.65. The van der Waals surface area contributed by atoms with Crippen molar-refractivity contribution < 1.29 is 14.7 Å². The predicted octanol–water partition coefficient (Wildman–Crippen LogP) is 2.09. The molecule has 0 aromatic heterocycles. The van der Waals surface area contributed by atoms with Crippen LogP contribution in [0.2, 0.25) is 0 Å². The highest BCUT2D eigenvalue weighted by Gasteiger charge is 2.41. The number of rotatable bonds is 6. The summed E-state index contributed by atoms with van der Waals surface area (Å²) in [5.41, 5.74) is -0.752. The number of nitrogens with zero attached hydrogens (tertiary/aromatic N) is 1. The zero-order valence-corrected chi connectivity index (χ0v) is 12.3. The highest BCUT2D eigenvalue weighted by Crippen LogP contribution is 2.30. The van der Waals surface area contributed by atoms with E-state index in [-0.39, 0.29) is 5.91 Å². The van der Waals surface area contributed by atoms with Crippen LogP contribution in [-0.2, 0) is 9.59 Å². The van der Waals surface area contributed by atoms with Crippen LogP contribution in [0.25, 0.3) is 0 Å². The zero-order chi connectivity index (χ0) is 13.8. The number of carboxylic acids is 1. The standard InChI is InChI=1S/C13H23NO3S/c1-10(2)4-7-18-8-11(15)14-6-5-13(3,9-14)12(16)17/h10H,4-9H2,1-3H3,(H,16,17). The minimum Gasteiger partial charge on any atom is -0.481 e. The molecule has 0 spiro atoms. The average molecular weight is 273 g/mol. The van der Waals surface area contributed by atoms with Crippen molar-refractivity contribution in [2.24, 2.45) is 11.3 Å². The van der Waals surface area contributed by atoms with Gasteiger partial charge in [0.2, 0.25) is 5.91 Å². The number of carbonyl (C=O) groups is 2. The van der Waals surface area contributed by atoms with Crippen LogP contribution in [0.5, 0.6) is 0 Å². The SMILES string of the molecule is CC(C)CCSCC(=O)N1CCC(C)(C(=O)O)C1. The van der Waals surface area contributed by atoms with E-state index in [0.29, 0.717) is 31.2 Å². The largest absolute Gasteiger partial charge is 0.481 e. The van der Waals surface area contributed by atoms with E-state index in [9.17, 15) is 9.59 Å². The maximum Gasteiger partial charge on any atom is 0.311 e. The molecular weight excluding hydrogens is 250 g/mol. The maximum absolute atomic E-state index is 11.9. The summed E-state index contributed by atoms with van der Waals surface area (Å²) in [5.74, 6) is 1.41. The first-order chi connectivity index (χ1) is 8.35. The fraction of sp³-hybridized carbons (Fsp3) is 0.846. The third-order valence-electron chi connectivity index (χ3n) is 3.41. The van der Waals surface area contributed by atoms with Crippen molar-refractivity contribution in [2.45, 2.75) is 33.6 Å². The molecule has 1 unspecified atom stereocenters. The van der Waals surface area contributed by atoms with E-state index in [0.717, 1.165) is 12.2 Å². The molecule has 1 aliphatic heterocycles. The van der Waals surface area contributed by atoms with Gasteiger partial charge < -0.3 is 10.0 Å². The minimum atomic E-state index is -0.801. The second-order valence-electron chi connectivity index (χ2n) is 5.67. The Bertz CT molecular complexity index is 319. The predicted molar refractivity (Wildman–Crippen MR) is 73.7 cm³/mol. The molecule has 1 fully saturated rings.